The van der Waals surface area contributed by atoms with Crippen molar-refractivity contribution in [3.8, 4) is 5.75 Å². The number of methoxy groups -OCH3 is 1. The molecule has 2 aliphatic rings. The maximum atomic E-state index is 14.4. The molecule has 10 heteroatoms. The van der Waals surface area contributed by atoms with Gasteiger partial charge in [0.15, 0.2) is 4.80 Å². The molecule has 2 aliphatic heterocycles. The summed E-state index contributed by atoms with van der Waals surface area (Å²) < 4.78 is 14.3. The van der Waals surface area contributed by atoms with E-state index in [2.05, 4.69) is 52.1 Å². The Kier molecular flexibility index (Phi) is 8.18. The van der Waals surface area contributed by atoms with E-state index in [4.69, 9.17) is 14.5 Å². The molecule has 0 amide bonds. The molecule has 0 bridgehead atoms. The number of hydrogen-bond acceptors (Lipinski definition) is 8. The lowest BCUT2D eigenvalue weighted by Crippen LogP contribution is -2.40. The van der Waals surface area contributed by atoms with Gasteiger partial charge >= 0.3 is 5.97 Å². The first-order valence-corrected chi connectivity index (χ1v) is 17.1. The van der Waals surface area contributed by atoms with Gasteiger partial charge in [0.05, 0.1) is 40.9 Å². The average molecular weight is 711 g/mol. The molecule has 1 atom stereocenters. The topological polar surface area (TPSA) is 73.1 Å². The number of halogens is 1. The fraction of sp³-hybridized carbons (Fsp3) is 0.139. The first-order valence-electron chi connectivity index (χ1n) is 14.6. The monoisotopic (exact) mass is 709 g/mol. The van der Waals surface area contributed by atoms with Gasteiger partial charge in [-0.1, -0.05) is 87.6 Å². The summed E-state index contributed by atoms with van der Waals surface area (Å²) in [5.41, 5.74) is 5.04. The van der Waals surface area contributed by atoms with Crippen LogP contribution in [0.2, 0.25) is 0 Å². The maximum Gasteiger partial charge on any atom is 0.338 e. The lowest BCUT2D eigenvalue weighted by atomic mass is 9.92. The molecule has 3 heterocycles. The number of thiazole rings is 1. The van der Waals surface area contributed by atoms with Crippen molar-refractivity contribution in [1.82, 2.24) is 4.57 Å². The van der Waals surface area contributed by atoms with Gasteiger partial charge in [0, 0.05) is 32.4 Å². The predicted octanol–water partition coefficient (Wildman–Crippen LogP) is 6.94. The van der Waals surface area contributed by atoms with E-state index < -0.39 is 12.0 Å². The summed E-state index contributed by atoms with van der Waals surface area (Å²) >= 11 is 6.60. The molecule has 0 spiro atoms. The molecule has 7 nitrogen and oxygen atoms in total. The van der Waals surface area contributed by atoms with Crippen LogP contribution in [0.4, 0.5) is 11.4 Å². The van der Waals surface area contributed by atoms with Crippen LogP contribution in [0.3, 0.4) is 0 Å². The van der Waals surface area contributed by atoms with E-state index in [1.165, 1.54) is 16.2 Å². The van der Waals surface area contributed by atoms with Gasteiger partial charge in [-0.3, -0.25) is 9.36 Å². The molecule has 0 radical (unpaired) electrons. The van der Waals surface area contributed by atoms with Gasteiger partial charge < -0.3 is 14.4 Å². The Morgan fingerprint density at radius 2 is 1.74 bits per heavy atom. The number of ether oxygens (including phenoxy) is 2. The summed E-state index contributed by atoms with van der Waals surface area (Å²) in [5, 5.41) is 0. The van der Waals surface area contributed by atoms with E-state index >= 15 is 0 Å². The van der Waals surface area contributed by atoms with Crippen LogP contribution in [0.1, 0.15) is 29.7 Å². The maximum absolute atomic E-state index is 14.4. The van der Waals surface area contributed by atoms with Crippen LogP contribution in [0.5, 0.6) is 5.75 Å². The van der Waals surface area contributed by atoms with E-state index in [0.29, 0.717) is 26.3 Å². The molecule has 7 rings (SSSR count). The van der Waals surface area contributed by atoms with E-state index in [1.54, 1.807) is 30.4 Å². The highest BCUT2D eigenvalue weighted by Crippen LogP contribution is 2.47. The average Bonchev–Trinajstić information content (AvgIpc) is 3.38. The summed E-state index contributed by atoms with van der Waals surface area (Å²) in [7, 11) is 3.64. The summed E-state index contributed by atoms with van der Waals surface area (Å²) in [4.78, 5) is 38.1. The SMILES string of the molecule is CCOC(=O)C1=C(c2ccccc2)N=c2s/c(=C\c3ccc4c(c3)Sc3ccccc3N4C)c(=O)n2[C@@H]1c1cc(Br)ccc1OC. The number of fused-ring (bicyclic) bond motifs is 3. The minimum atomic E-state index is -0.843. The van der Waals surface area contributed by atoms with Crippen molar-refractivity contribution in [2.45, 2.75) is 22.8 Å². The molecular weight excluding hydrogens is 682 g/mol. The molecule has 230 valence electrons. The number of esters is 1. The Morgan fingerprint density at radius 1 is 0.978 bits per heavy atom. The lowest BCUT2D eigenvalue weighted by molar-refractivity contribution is -0.138. The summed E-state index contributed by atoms with van der Waals surface area (Å²) in [6, 6.07) is 28.8. The van der Waals surface area contributed by atoms with E-state index in [-0.39, 0.29) is 17.7 Å². The number of benzene rings is 4. The molecule has 0 aliphatic carbocycles. The molecule has 0 fully saturated rings. The highest BCUT2D eigenvalue weighted by atomic mass is 79.9. The van der Waals surface area contributed by atoms with E-state index in [0.717, 1.165) is 31.9 Å². The molecule has 0 N–H and O–H groups in total. The lowest BCUT2D eigenvalue weighted by Gasteiger charge is -2.29. The number of hydrogen-bond donors (Lipinski definition) is 0. The van der Waals surface area contributed by atoms with Crippen LogP contribution < -0.4 is 24.5 Å². The van der Waals surface area contributed by atoms with Crippen molar-refractivity contribution in [2.75, 3.05) is 25.7 Å². The van der Waals surface area contributed by atoms with E-state index in [1.807, 2.05) is 72.8 Å². The van der Waals surface area contributed by atoms with Crippen LogP contribution >= 0.6 is 39.0 Å². The number of rotatable bonds is 6. The van der Waals surface area contributed by atoms with Gasteiger partial charge in [-0.2, -0.15) is 0 Å². The molecule has 4 aromatic carbocycles. The minimum Gasteiger partial charge on any atom is -0.496 e. The normalized spacial score (nSPS) is 15.5. The predicted molar refractivity (Wildman–Crippen MR) is 187 cm³/mol. The van der Waals surface area contributed by atoms with Crippen molar-refractivity contribution in [3.63, 3.8) is 0 Å². The standard InChI is InChI=1S/C36H28BrN3O4S2/c1-4-44-35(42)31-32(22-10-6-5-7-11-22)38-36-40(33(31)24-20-23(37)15-17-27(24)43-3)34(41)30(46-36)19-21-14-16-26-29(18-21)45-28-13-9-8-12-25(28)39(26)2/h5-20,33H,4H2,1-3H3/b30-19-/t33-/m1/s1. The van der Waals surface area contributed by atoms with Crippen LogP contribution in [-0.4, -0.2) is 31.3 Å². The summed E-state index contributed by atoms with van der Waals surface area (Å²) in [6.07, 6.45) is 1.90. The second-order valence-electron chi connectivity index (χ2n) is 10.7. The third-order valence-corrected chi connectivity index (χ3v) is 10.5. The fourth-order valence-corrected chi connectivity index (χ4v) is 8.43. The largest absolute Gasteiger partial charge is 0.496 e. The third-order valence-electron chi connectivity index (χ3n) is 7.95. The Labute approximate surface area is 282 Å². The van der Waals surface area contributed by atoms with Gasteiger partial charge in [0.25, 0.3) is 5.56 Å². The van der Waals surface area contributed by atoms with Gasteiger partial charge in [-0.15, -0.1) is 0 Å². The van der Waals surface area contributed by atoms with Gasteiger partial charge in [0.1, 0.15) is 11.8 Å². The van der Waals surface area contributed by atoms with Crippen LogP contribution in [0, 0.1) is 0 Å². The van der Waals surface area contributed by atoms with Crippen molar-refractivity contribution < 1.29 is 14.3 Å². The Bertz CT molecular complexity index is 2230. The first kappa shape index (κ1) is 30.3. The summed E-state index contributed by atoms with van der Waals surface area (Å²) in [5.74, 6) is -0.00229. The highest BCUT2D eigenvalue weighted by molar-refractivity contribution is 9.10. The van der Waals surface area contributed by atoms with E-state index in [9.17, 15) is 9.59 Å². The van der Waals surface area contributed by atoms with Crippen molar-refractivity contribution in [1.29, 1.82) is 0 Å². The van der Waals surface area contributed by atoms with Crippen LogP contribution in [0.25, 0.3) is 11.8 Å². The first-order chi connectivity index (χ1) is 22.4. The Hall–Kier alpha value is -4.38. The smallest absolute Gasteiger partial charge is 0.338 e. The number of anilines is 2. The quantitative estimate of drug-likeness (QED) is 0.178. The van der Waals surface area contributed by atoms with Crippen molar-refractivity contribution in [3.05, 3.63) is 137 Å². The number of aromatic nitrogens is 1. The molecule has 0 saturated carbocycles. The summed E-state index contributed by atoms with van der Waals surface area (Å²) in [6.45, 7) is 1.94. The molecule has 0 saturated heterocycles. The molecule has 5 aromatic rings. The highest BCUT2D eigenvalue weighted by Gasteiger charge is 2.37. The number of carbonyl (C=O) groups excluding carboxylic acids is 1. The number of carbonyl (C=O) groups is 1. The Morgan fingerprint density at radius 3 is 2.52 bits per heavy atom. The minimum absolute atomic E-state index is 0.174. The molecular formula is C36H28BrN3O4S2. The number of para-hydroxylation sites is 1. The van der Waals surface area contributed by atoms with Crippen molar-refractivity contribution in [2.24, 2.45) is 4.99 Å². The molecule has 1 aromatic heterocycles. The van der Waals surface area contributed by atoms with Crippen LogP contribution in [-0.2, 0) is 9.53 Å². The van der Waals surface area contributed by atoms with Gasteiger partial charge in [0.2, 0.25) is 0 Å². The third kappa shape index (κ3) is 5.30. The molecule has 46 heavy (non-hydrogen) atoms. The number of nitrogens with zero attached hydrogens (tertiary/aromatic N) is 3. The zero-order valence-corrected chi connectivity index (χ0v) is 28.4. The fourth-order valence-electron chi connectivity index (χ4n) is 5.85. The van der Waals surface area contributed by atoms with Gasteiger partial charge in [-0.25, -0.2) is 9.79 Å². The molecule has 0 unspecified atom stereocenters. The Balaban J connectivity index is 1.45. The van der Waals surface area contributed by atoms with Crippen LogP contribution in [0.15, 0.2) is 121 Å². The second-order valence-corrected chi connectivity index (χ2v) is 13.7. The zero-order valence-electron chi connectivity index (χ0n) is 25.2. The van der Waals surface area contributed by atoms with Gasteiger partial charge in [-0.05, 0) is 61.0 Å². The second kappa shape index (κ2) is 12.4. The van der Waals surface area contributed by atoms with Crippen molar-refractivity contribution >= 4 is 68.1 Å². The zero-order chi connectivity index (χ0) is 31.9.